The lowest BCUT2D eigenvalue weighted by atomic mass is 9.77. The summed E-state index contributed by atoms with van der Waals surface area (Å²) in [7, 11) is 4.52. The molecule has 1 aliphatic heterocycles. The zero-order valence-electron chi connectivity index (χ0n) is 20.6. The number of fused-ring (bicyclic) bond motifs is 1. The minimum absolute atomic E-state index is 0.0602. The first-order valence-corrected chi connectivity index (χ1v) is 11.6. The number of aromatic nitrogens is 3. The summed E-state index contributed by atoms with van der Waals surface area (Å²) in [6, 6.07) is 10.0. The highest BCUT2D eigenvalue weighted by atomic mass is 19.4. The number of ketones is 1. The van der Waals surface area contributed by atoms with E-state index in [1.807, 2.05) is 19.1 Å². The highest BCUT2D eigenvalue weighted by Gasteiger charge is 2.43. The molecular formula is C26H25F3N4O4. The Bertz CT molecular complexity index is 1370. The first kappa shape index (κ1) is 24.7. The fourth-order valence-corrected chi connectivity index (χ4v) is 4.96. The summed E-state index contributed by atoms with van der Waals surface area (Å²) in [5.74, 6) is -0.453. The Hall–Kier alpha value is -4.02. The number of rotatable bonds is 5. The molecule has 3 aromatic rings. The van der Waals surface area contributed by atoms with E-state index >= 15 is 0 Å². The van der Waals surface area contributed by atoms with E-state index in [1.165, 1.54) is 21.3 Å². The van der Waals surface area contributed by atoms with Gasteiger partial charge in [-0.2, -0.15) is 18.2 Å². The molecule has 8 nitrogen and oxygen atoms in total. The van der Waals surface area contributed by atoms with Gasteiger partial charge in [-0.25, -0.2) is 4.68 Å². The van der Waals surface area contributed by atoms with Crippen molar-refractivity contribution in [2.24, 2.45) is 0 Å². The van der Waals surface area contributed by atoms with E-state index in [2.05, 4.69) is 15.4 Å². The molecule has 37 heavy (non-hydrogen) atoms. The van der Waals surface area contributed by atoms with Gasteiger partial charge < -0.3 is 19.5 Å². The molecule has 1 aliphatic carbocycles. The van der Waals surface area contributed by atoms with Gasteiger partial charge in [0.25, 0.3) is 5.82 Å². The molecule has 0 fully saturated rings. The van der Waals surface area contributed by atoms with Crippen molar-refractivity contribution >= 4 is 11.7 Å². The third-order valence-electron chi connectivity index (χ3n) is 6.72. The number of ether oxygens (including phenoxy) is 3. The van der Waals surface area contributed by atoms with Gasteiger partial charge in [0.15, 0.2) is 17.3 Å². The minimum Gasteiger partial charge on any atom is -0.493 e. The van der Waals surface area contributed by atoms with Gasteiger partial charge >= 0.3 is 6.18 Å². The molecule has 0 amide bonds. The summed E-state index contributed by atoms with van der Waals surface area (Å²) in [4.78, 5) is 17.4. The number of benzene rings is 2. The number of nitrogens with zero attached hydrogens (tertiary/aromatic N) is 3. The molecule has 0 saturated carbocycles. The Morgan fingerprint density at radius 1 is 0.973 bits per heavy atom. The maximum atomic E-state index is 13.6. The van der Waals surface area contributed by atoms with Crippen molar-refractivity contribution in [1.29, 1.82) is 0 Å². The first-order chi connectivity index (χ1) is 17.6. The van der Waals surface area contributed by atoms with Crippen LogP contribution in [-0.2, 0) is 11.0 Å². The van der Waals surface area contributed by atoms with E-state index in [0.717, 1.165) is 15.8 Å². The molecule has 0 saturated heterocycles. The van der Waals surface area contributed by atoms with Crippen molar-refractivity contribution in [3.05, 3.63) is 70.2 Å². The van der Waals surface area contributed by atoms with Crippen LogP contribution in [0.25, 0.3) is 0 Å². The molecule has 5 rings (SSSR count). The summed E-state index contributed by atoms with van der Waals surface area (Å²) in [5, 5.41) is 6.73. The maximum Gasteiger partial charge on any atom is 0.453 e. The van der Waals surface area contributed by atoms with Crippen molar-refractivity contribution in [2.75, 3.05) is 26.6 Å². The van der Waals surface area contributed by atoms with Gasteiger partial charge in [0, 0.05) is 17.7 Å². The van der Waals surface area contributed by atoms with Crippen molar-refractivity contribution in [3.8, 4) is 17.2 Å². The molecule has 0 spiro atoms. The number of halogens is 3. The minimum atomic E-state index is -4.73. The summed E-state index contributed by atoms with van der Waals surface area (Å²) in [6.07, 6.45) is -4.21. The molecule has 0 radical (unpaired) electrons. The van der Waals surface area contributed by atoms with Crippen molar-refractivity contribution in [1.82, 2.24) is 14.8 Å². The Morgan fingerprint density at radius 2 is 1.62 bits per heavy atom. The van der Waals surface area contributed by atoms with Crippen LogP contribution in [0.1, 0.15) is 47.3 Å². The molecule has 1 aromatic heterocycles. The van der Waals surface area contributed by atoms with Gasteiger partial charge in [-0.05, 0) is 42.5 Å². The van der Waals surface area contributed by atoms with E-state index in [-0.39, 0.29) is 24.1 Å². The zero-order valence-corrected chi connectivity index (χ0v) is 20.6. The Kier molecular flexibility index (Phi) is 6.09. The number of anilines is 1. The predicted molar refractivity (Wildman–Crippen MR) is 128 cm³/mol. The second-order valence-electron chi connectivity index (χ2n) is 9.02. The second-order valence-corrected chi connectivity index (χ2v) is 9.02. The van der Waals surface area contributed by atoms with Crippen LogP contribution in [0, 0.1) is 6.92 Å². The van der Waals surface area contributed by atoms with E-state index in [4.69, 9.17) is 14.2 Å². The number of allylic oxidation sites excluding steroid dienone is 2. The molecule has 2 heterocycles. The number of alkyl halides is 3. The summed E-state index contributed by atoms with van der Waals surface area (Å²) in [5.41, 5.74) is 3.33. The largest absolute Gasteiger partial charge is 0.493 e. The third-order valence-corrected chi connectivity index (χ3v) is 6.72. The quantitative estimate of drug-likeness (QED) is 0.510. The molecular weight excluding hydrogens is 489 g/mol. The average Bonchev–Trinajstić information content (AvgIpc) is 3.31. The summed E-state index contributed by atoms with van der Waals surface area (Å²) in [6.45, 7) is 1.91. The van der Waals surface area contributed by atoms with Crippen LogP contribution < -0.4 is 19.5 Å². The van der Waals surface area contributed by atoms with Gasteiger partial charge in [-0.1, -0.05) is 29.8 Å². The smallest absolute Gasteiger partial charge is 0.453 e. The molecule has 0 bridgehead atoms. The number of carbonyl (C=O) groups is 1. The van der Waals surface area contributed by atoms with Crippen LogP contribution in [0.2, 0.25) is 0 Å². The molecule has 194 valence electrons. The van der Waals surface area contributed by atoms with Gasteiger partial charge in [0.2, 0.25) is 11.7 Å². The number of aryl methyl sites for hydroxylation is 1. The van der Waals surface area contributed by atoms with Gasteiger partial charge in [-0.3, -0.25) is 4.79 Å². The Morgan fingerprint density at radius 3 is 2.19 bits per heavy atom. The molecule has 11 heteroatoms. The van der Waals surface area contributed by atoms with Crippen molar-refractivity contribution in [2.45, 2.75) is 37.9 Å². The third kappa shape index (κ3) is 4.28. The first-order valence-electron chi connectivity index (χ1n) is 11.6. The number of Topliss-reactive ketones (excluding diaryl/α,β-unsaturated/α-hetero) is 1. The number of nitrogens with one attached hydrogen (secondary N) is 1. The standard InChI is InChI=1S/C26H25F3N4O4/c1-13-5-7-14(8-6-13)22-21-17(30-25-31-24(26(27,28)29)32-33(22)25)9-15(10-18(21)34)16-11-19(35-2)23(37-4)20(12-16)36-3/h5-8,11-12,15,22H,9-10H2,1-4H3,(H,30,31,32)/t15-,22-/m1/s1. The number of carbonyl (C=O) groups excluding carboxylic acids is 1. The lowest BCUT2D eigenvalue weighted by molar-refractivity contribution is -0.145. The fourth-order valence-electron chi connectivity index (χ4n) is 4.96. The summed E-state index contributed by atoms with van der Waals surface area (Å²) >= 11 is 0. The lowest BCUT2D eigenvalue weighted by Crippen LogP contribution is -2.33. The fraction of sp³-hybridized carbons (Fsp3) is 0.346. The van der Waals surface area contributed by atoms with Crippen LogP contribution >= 0.6 is 0 Å². The van der Waals surface area contributed by atoms with E-state index in [0.29, 0.717) is 40.5 Å². The van der Waals surface area contributed by atoms with E-state index < -0.39 is 18.0 Å². The number of hydrogen-bond acceptors (Lipinski definition) is 7. The van der Waals surface area contributed by atoms with E-state index in [1.54, 1.807) is 24.3 Å². The number of hydrogen-bond donors (Lipinski definition) is 1. The van der Waals surface area contributed by atoms with Crippen molar-refractivity contribution < 1.29 is 32.2 Å². The maximum absolute atomic E-state index is 13.6. The molecule has 0 unspecified atom stereocenters. The zero-order chi connectivity index (χ0) is 26.5. The molecule has 2 aromatic carbocycles. The highest BCUT2D eigenvalue weighted by molar-refractivity contribution is 6.00. The van der Waals surface area contributed by atoms with Gasteiger partial charge in [0.05, 0.1) is 21.3 Å². The van der Waals surface area contributed by atoms with Crippen LogP contribution in [0.15, 0.2) is 47.7 Å². The summed E-state index contributed by atoms with van der Waals surface area (Å²) < 4.78 is 58.0. The van der Waals surface area contributed by atoms with Crippen LogP contribution in [0.3, 0.4) is 0 Å². The average molecular weight is 515 g/mol. The topological polar surface area (TPSA) is 87.5 Å². The Labute approximate surface area is 211 Å². The van der Waals surface area contributed by atoms with Gasteiger partial charge in [0.1, 0.15) is 6.04 Å². The van der Waals surface area contributed by atoms with Crippen LogP contribution in [-0.4, -0.2) is 41.9 Å². The Balaban J connectivity index is 1.60. The molecule has 2 atom stereocenters. The molecule has 1 N–H and O–H groups in total. The normalized spacial score (nSPS) is 19.2. The lowest BCUT2D eigenvalue weighted by Gasteiger charge is -2.35. The van der Waals surface area contributed by atoms with Crippen LogP contribution in [0.4, 0.5) is 19.1 Å². The predicted octanol–water partition coefficient (Wildman–Crippen LogP) is 5.05. The SMILES string of the molecule is COc1cc([C@H]2CC(=O)C3=C(C2)Nc2nc(C(F)(F)F)nn2[C@@H]3c2ccc(C)cc2)cc(OC)c1OC. The number of methoxy groups -OCH3 is 3. The monoisotopic (exact) mass is 514 g/mol. The van der Waals surface area contributed by atoms with Gasteiger partial charge in [-0.15, -0.1) is 5.10 Å². The highest BCUT2D eigenvalue weighted by Crippen LogP contribution is 2.47. The van der Waals surface area contributed by atoms with Crippen LogP contribution in [0.5, 0.6) is 17.2 Å². The molecule has 2 aliphatic rings. The second kappa shape index (κ2) is 9.13. The van der Waals surface area contributed by atoms with Crippen molar-refractivity contribution in [3.63, 3.8) is 0 Å². The van der Waals surface area contributed by atoms with E-state index in [9.17, 15) is 18.0 Å².